The van der Waals surface area contributed by atoms with Crippen LogP contribution in [0.1, 0.15) is 49.8 Å². The summed E-state index contributed by atoms with van der Waals surface area (Å²) in [5.74, 6) is -1.63. The first-order valence-corrected chi connectivity index (χ1v) is 32.3. The van der Waals surface area contributed by atoms with E-state index in [9.17, 15) is 0 Å². The molecule has 2 aliphatic rings. The van der Waals surface area contributed by atoms with Gasteiger partial charge in [-0.15, -0.1) is 0 Å². The summed E-state index contributed by atoms with van der Waals surface area (Å²) in [6.45, 7) is 6.84. The molecule has 8 heteroatoms. The predicted octanol–water partition coefficient (Wildman–Crippen LogP) is 9.70. The fourth-order valence-electron chi connectivity index (χ4n) is 6.04. The average Bonchev–Trinajstić information content (AvgIpc) is 3.23. The molecule has 0 aromatic heterocycles. The number of hydrogen-bond acceptors (Lipinski definition) is 0. The van der Waals surface area contributed by atoms with Crippen LogP contribution in [0, 0.1) is 0 Å². The molecule has 0 radical (unpaired) electrons. The van der Waals surface area contributed by atoms with Crippen LogP contribution in [-0.2, 0) is 15.6 Å². The third kappa shape index (κ3) is 4.48. The van der Waals surface area contributed by atoms with Crippen LogP contribution in [0.5, 0.6) is 0 Å². The molecule has 3 atom stereocenters. The fraction of sp³-hybridized carbons (Fsp3) is 0.333. The Balaban J connectivity index is 1.86. The van der Waals surface area contributed by atoms with Crippen LogP contribution in [0.4, 0.5) is 0 Å². The van der Waals surface area contributed by atoms with E-state index < -0.39 is 27.5 Å². The van der Waals surface area contributed by atoms with Gasteiger partial charge >= 0.3 is 218 Å². The van der Waals surface area contributed by atoms with Crippen LogP contribution in [0.2, 0.25) is 18.6 Å². The molecule has 0 bridgehead atoms. The van der Waals surface area contributed by atoms with Crippen LogP contribution < -0.4 is 0 Å². The SMILES string of the molecule is CC1=Cc2ccccc2[CH]1[Zr]([Cl])([Cl])([CH]1C(C)=Cc2ccccc21)[SiH](C)CCC[Si](Cl)(Cl)Cl. The summed E-state index contributed by atoms with van der Waals surface area (Å²) >= 11 is 14.0. The van der Waals surface area contributed by atoms with Crippen molar-refractivity contribution in [3.8, 4) is 0 Å². The van der Waals surface area contributed by atoms with Gasteiger partial charge in [0.15, 0.2) is 0 Å². The van der Waals surface area contributed by atoms with Crippen LogP contribution in [0.25, 0.3) is 12.2 Å². The Morgan fingerprint density at radius 1 is 0.812 bits per heavy atom. The molecule has 4 rings (SSSR count). The van der Waals surface area contributed by atoms with Crippen molar-refractivity contribution in [2.24, 2.45) is 0 Å². The Morgan fingerprint density at radius 3 is 1.69 bits per heavy atom. The molecule has 2 aliphatic carbocycles. The number of rotatable bonds is 7. The first-order chi connectivity index (χ1) is 14.9. The summed E-state index contributed by atoms with van der Waals surface area (Å²) in [6, 6.07) is 16.3. The van der Waals surface area contributed by atoms with E-state index in [0.717, 1.165) is 12.5 Å². The molecule has 0 aliphatic heterocycles. The first-order valence-electron chi connectivity index (χ1n) is 11.1. The van der Waals surface area contributed by atoms with Crippen molar-refractivity contribution in [1.29, 1.82) is 0 Å². The fourth-order valence-corrected chi connectivity index (χ4v) is 50.4. The van der Waals surface area contributed by atoms with E-state index >= 15 is 0 Å². The Morgan fingerprint density at radius 2 is 1.25 bits per heavy atom. The summed E-state index contributed by atoms with van der Waals surface area (Å²) in [7, 11) is 16.4. The van der Waals surface area contributed by atoms with Gasteiger partial charge in [0.25, 0.3) is 0 Å². The second kappa shape index (κ2) is 9.29. The third-order valence-electron chi connectivity index (χ3n) is 7.43. The molecular weight excluding hydrogens is 613 g/mol. The van der Waals surface area contributed by atoms with E-state index in [1.807, 2.05) is 0 Å². The van der Waals surface area contributed by atoms with E-state index in [2.05, 4.69) is 81.1 Å². The number of benzene rings is 2. The topological polar surface area (TPSA) is 0 Å². The quantitative estimate of drug-likeness (QED) is 0.209. The molecule has 171 valence electrons. The molecule has 3 unspecified atom stereocenters. The van der Waals surface area contributed by atoms with E-state index in [1.54, 1.807) is 0 Å². The Hall–Kier alpha value is 0.687. The second-order valence-electron chi connectivity index (χ2n) is 9.54. The van der Waals surface area contributed by atoms with Crippen molar-refractivity contribution >= 4 is 74.3 Å². The zero-order chi connectivity index (χ0) is 23.3. The van der Waals surface area contributed by atoms with Crippen LogP contribution >= 0.6 is 50.3 Å². The number of hydrogen-bond donors (Lipinski definition) is 0. The maximum atomic E-state index is 8.22. The minimum absolute atomic E-state index is 0.127. The van der Waals surface area contributed by atoms with Crippen molar-refractivity contribution in [2.75, 3.05) is 0 Å². The average molecular weight is 641 g/mol. The van der Waals surface area contributed by atoms with Gasteiger partial charge in [-0.2, -0.15) is 0 Å². The third-order valence-corrected chi connectivity index (χ3v) is 60.7. The normalized spacial score (nSPS) is 22.4. The van der Waals surface area contributed by atoms with Gasteiger partial charge < -0.3 is 0 Å². The molecule has 0 N–H and O–H groups in total. The second-order valence-corrected chi connectivity index (χ2v) is 60.1. The Kier molecular flexibility index (Phi) is 7.48. The first kappa shape index (κ1) is 25.8. The number of halogens is 5. The van der Waals surface area contributed by atoms with Crippen molar-refractivity contribution in [2.45, 2.75) is 46.2 Å². The van der Waals surface area contributed by atoms with Crippen LogP contribution in [-0.4, -0.2) is 11.9 Å². The van der Waals surface area contributed by atoms with Gasteiger partial charge in [0.1, 0.15) is 0 Å². The molecule has 0 amide bonds. The van der Waals surface area contributed by atoms with Gasteiger partial charge in [0, 0.05) is 0 Å². The minimum atomic E-state index is -4.61. The zero-order valence-electron chi connectivity index (χ0n) is 18.5. The van der Waals surface area contributed by atoms with Gasteiger partial charge in [-0.1, -0.05) is 0 Å². The molecule has 2 aromatic rings. The summed E-state index contributed by atoms with van der Waals surface area (Å²) in [6.07, 6.45) is 5.49. The van der Waals surface area contributed by atoms with Gasteiger partial charge in [-0.05, 0) is 0 Å². The van der Waals surface area contributed by atoms with Gasteiger partial charge in [0.2, 0.25) is 0 Å². The van der Waals surface area contributed by atoms with Crippen molar-refractivity contribution < 1.29 is 15.6 Å². The molecule has 32 heavy (non-hydrogen) atoms. The van der Waals surface area contributed by atoms with Crippen LogP contribution in [0.3, 0.4) is 0 Å². The Bertz CT molecular complexity index is 1030. The predicted molar refractivity (Wildman–Crippen MR) is 148 cm³/mol. The molecule has 0 spiro atoms. The standard InChI is InChI=1S/2C10H9.C4H10Cl3Si2.2ClH.Zr/c2*1-8-6-9-4-2-3-5-10(9)7-8;1-8-3-2-4-9(5,6)7;;;/h2*2-7H,1H3;8H,2-4H2,1H3;2*1H;/q;;;;;+2/p-2. The van der Waals surface area contributed by atoms with Crippen molar-refractivity contribution in [1.82, 2.24) is 0 Å². The zero-order valence-corrected chi connectivity index (χ0v) is 26.9. The summed E-state index contributed by atoms with van der Waals surface area (Å²) in [5.41, 5.74) is 7.78. The number of allylic oxidation sites excluding steroid dienone is 2. The van der Waals surface area contributed by atoms with E-state index in [-0.39, 0.29) is 7.25 Å². The van der Waals surface area contributed by atoms with E-state index in [1.165, 1.54) is 33.4 Å². The molecule has 0 saturated carbocycles. The van der Waals surface area contributed by atoms with Crippen LogP contribution in [0.15, 0.2) is 59.7 Å². The van der Waals surface area contributed by atoms with Gasteiger partial charge in [-0.25, -0.2) is 0 Å². The van der Waals surface area contributed by atoms with E-state index in [4.69, 9.17) is 50.3 Å². The molecule has 2 aromatic carbocycles. The van der Waals surface area contributed by atoms with Gasteiger partial charge in [0.05, 0.1) is 0 Å². The molecule has 0 fully saturated rings. The monoisotopic (exact) mass is 637 g/mol. The summed E-state index contributed by atoms with van der Waals surface area (Å²) in [5, 5.41) is 0. The van der Waals surface area contributed by atoms with Crippen molar-refractivity contribution in [3.63, 3.8) is 0 Å². The summed E-state index contributed by atoms with van der Waals surface area (Å²) in [4.78, 5) is 0. The van der Waals surface area contributed by atoms with E-state index in [0.29, 0.717) is 6.04 Å². The molecule has 0 saturated heterocycles. The number of fused-ring (bicyclic) bond motifs is 2. The van der Waals surface area contributed by atoms with Crippen molar-refractivity contribution in [3.05, 3.63) is 81.9 Å². The maximum absolute atomic E-state index is 8.22. The Labute approximate surface area is 215 Å². The molecule has 0 heterocycles. The molecule has 0 nitrogen and oxygen atoms in total. The molecular formula is C24H28Cl5Si2Zr. The summed E-state index contributed by atoms with van der Waals surface area (Å²) < 4.78 is 0.254. The van der Waals surface area contributed by atoms with Gasteiger partial charge in [-0.3, -0.25) is 0 Å².